The van der Waals surface area contributed by atoms with E-state index >= 15 is 0 Å². The fourth-order valence-corrected chi connectivity index (χ4v) is 3.59. The number of amides is 1. The van der Waals surface area contributed by atoms with Crippen molar-refractivity contribution >= 4 is 11.6 Å². The van der Waals surface area contributed by atoms with Gasteiger partial charge in [0.2, 0.25) is 5.88 Å². The van der Waals surface area contributed by atoms with E-state index in [1.165, 1.54) is 18.2 Å². The van der Waals surface area contributed by atoms with Crippen molar-refractivity contribution in [2.24, 2.45) is 0 Å². The molecule has 0 saturated carbocycles. The second kappa shape index (κ2) is 8.44. The normalized spacial score (nSPS) is 18.8. The summed E-state index contributed by atoms with van der Waals surface area (Å²) in [6.45, 7) is 2.39. The summed E-state index contributed by atoms with van der Waals surface area (Å²) in [4.78, 5) is 27.7. The van der Waals surface area contributed by atoms with Crippen molar-refractivity contribution < 1.29 is 13.9 Å². The van der Waals surface area contributed by atoms with Crippen molar-refractivity contribution in [3.63, 3.8) is 0 Å². The number of piperidine rings is 1. The molecule has 0 aliphatic carbocycles. The largest absolute Gasteiger partial charge is 0.472 e. The maximum absolute atomic E-state index is 13.9. The van der Waals surface area contributed by atoms with Crippen LogP contribution in [0.5, 0.6) is 5.88 Å². The molecule has 30 heavy (non-hydrogen) atoms. The monoisotopic (exact) mass is 407 g/mol. The lowest BCUT2D eigenvalue weighted by molar-refractivity contribution is 0.0373. The molecule has 1 amide bonds. The number of rotatable bonds is 4. The summed E-state index contributed by atoms with van der Waals surface area (Å²) in [5.41, 5.74) is 7.09. The number of aromatic nitrogens is 3. The molecule has 1 fully saturated rings. The summed E-state index contributed by atoms with van der Waals surface area (Å²) >= 11 is 0. The molecule has 0 spiro atoms. The van der Waals surface area contributed by atoms with Gasteiger partial charge in [0.05, 0.1) is 12.1 Å². The van der Waals surface area contributed by atoms with E-state index in [1.807, 2.05) is 6.92 Å². The first-order chi connectivity index (χ1) is 14.5. The van der Waals surface area contributed by atoms with Crippen LogP contribution < -0.4 is 10.5 Å². The Morgan fingerprint density at radius 1 is 1.13 bits per heavy atom. The number of anilines is 1. The van der Waals surface area contributed by atoms with Gasteiger partial charge >= 0.3 is 0 Å². The summed E-state index contributed by atoms with van der Waals surface area (Å²) in [7, 11) is 0. The van der Waals surface area contributed by atoms with Gasteiger partial charge in [-0.3, -0.25) is 4.79 Å². The summed E-state index contributed by atoms with van der Waals surface area (Å²) in [6.07, 6.45) is 6.07. The van der Waals surface area contributed by atoms with Crippen molar-refractivity contribution in [3.05, 3.63) is 66.4 Å². The Labute approximate surface area is 173 Å². The molecule has 1 saturated heterocycles. The molecular formula is C22H22FN5O2. The minimum Gasteiger partial charge on any atom is -0.472 e. The van der Waals surface area contributed by atoms with Gasteiger partial charge in [-0.25, -0.2) is 19.3 Å². The van der Waals surface area contributed by atoms with Crippen LogP contribution in [-0.4, -0.2) is 44.4 Å². The molecule has 4 rings (SSSR count). The quantitative estimate of drug-likeness (QED) is 0.713. The zero-order valence-corrected chi connectivity index (χ0v) is 16.5. The minimum atomic E-state index is -0.449. The first-order valence-corrected chi connectivity index (χ1v) is 9.77. The SMILES string of the molecule is C[C@@H]1CC[C@@H](Oc2cc(N)ccn2)CN1C(=O)c1ccc(F)cc1-c1ncccn1. The Morgan fingerprint density at radius 2 is 1.93 bits per heavy atom. The maximum atomic E-state index is 13.9. The summed E-state index contributed by atoms with van der Waals surface area (Å²) < 4.78 is 19.9. The predicted molar refractivity (Wildman–Crippen MR) is 110 cm³/mol. The van der Waals surface area contributed by atoms with Crippen LogP contribution >= 0.6 is 0 Å². The van der Waals surface area contributed by atoms with Gasteiger partial charge in [0.25, 0.3) is 5.91 Å². The Balaban J connectivity index is 1.59. The molecule has 1 aromatic carbocycles. The van der Waals surface area contributed by atoms with Gasteiger partial charge in [0.15, 0.2) is 5.82 Å². The number of carbonyl (C=O) groups excluding carboxylic acids is 1. The topological polar surface area (TPSA) is 94.2 Å². The lowest BCUT2D eigenvalue weighted by atomic mass is 9.98. The highest BCUT2D eigenvalue weighted by atomic mass is 19.1. The number of hydrogen-bond acceptors (Lipinski definition) is 6. The average molecular weight is 407 g/mol. The van der Waals surface area contributed by atoms with Crippen molar-refractivity contribution in [1.82, 2.24) is 19.9 Å². The third kappa shape index (κ3) is 4.22. The van der Waals surface area contributed by atoms with Gasteiger partial charge in [0.1, 0.15) is 11.9 Å². The molecule has 3 aromatic rings. The molecule has 2 N–H and O–H groups in total. The van der Waals surface area contributed by atoms with Crippen LogP contribution in [-0.2, 0) is 0 Å². The third-order valence-corrected chi connectivity index (χ3v) is 5.16. The first kappa shape index (κ1) is 19.8. The Hall–Kier alpha value is -3.55. The van der Waals surface area contributed by atoms with Gasteiger partial charge in [-0.05, 0) is 50.1 Å². The highest BCUT2D eigenvalue weighted by Crippen LogP contribution is 2.27. The summed E-state index contributed by atoms with van der Waals surface area (Å²) in [5, 5.41) is 0. The smallest absolute Gasteiger partial charge is 0.254 e. The minimum absolute atomic E-state index is 0.0146. The fourth-order valence-electron chi connectivity index (χ4n) is 3.59. The zero-order chi connectivity index (χ0) is 21.1. The van der Waals surface area contributed by atoms with E-state index in [9.17, 15) is 9.18 Å². The van der Waals surface area contributed by atoms with Crippen LogP contribution in [0.15, 0.2) is 55.0 Å². The molecule has 7 nitrogen and oxygen atoms in total. The molecule has 0 bridgehead atoms. The van der Waals surface area contributed by atoms with Crippen LogP contribution in [0.4, 0.5) is 10.1 Å². The second-order valence-corrected chi connectivity index (χ2v) is 7.31. The number of likely N-dealkylation sites (tertiary alicyclic amines) is 1. The molecule has 3 heterocycles. The number of ether oxygens (including phenoxy) is 1. The van der Waals surface area contributed by atoms with E-state index in [0.29, 0.717) is 35.1 Å². The number of hydrogen-bond donors (Lipinski definition) is 1. The van der Waals surface area contributed by atoms with Crippen LogP contribution in [0.25, 0.3) is 11.4 Å². The molecule has 8 heteroatoms. The molecule has 1 aliphatic heterocycles. The lowest BCUT2D eigenvalue weighted by Crippen LogP contribution is -2.49. The number of halogens is 1. The standard InChI is InChI=1S/C22H22FN5O2/c1-14-3-5-17(30-20-12-16(24)7-10-25-20)13-28(14)22(29)18-6-4-15(23)11-19(18)21-26-8-2-9-27-21/h2,4,6-12,14,17H,3,5,13H2,1H3,(H2,24,25)/t14-,17-/m1/s1. The zero-order valence-electron chi connectivity index (χ0n) is 16.5. The van der Waals surface area contributed by atoms with Crippen LogP contribution in [0.3, 0.4) is 0 Å². The van der Waals surface area contributed by atoms with Crippen molar-refractivity contribution in [2.75, 3.05) is 12.3 Å². The first-order valence-electron chi connectivity index (χ1n) is 9.77. The van der Waals surface area contributed by atoms with Crippen LogP contribution in [0.1, 0.15) is 30.1 Å². The number of nitrogens with zero attached hydrogens (tertiary/aromatic N) is 4. The average Bonchev–Trinajstić information content (AvgIpc) is 2.75. The van der Waals surface area contributed by atoms with Crippen LogP contribution in [0, 0.1) is 5.82 Å². The lowest BCUT2D eigenvalue weighted by Gasteiger charge is -2.38. The van der Waals surface area contributed by atoms with E-state index in [4.69, 9.17) is 10.5 Å². The molecule has 2 atom stereocenters. The number of nitrogens with two attached hydrogens (primary N) is 1. The molecular weight excluding hydrogens is 385 g/mol. The maximum Gasteiger partial charge on any atom is 0.254 e. The fraction of sp³-hybridized carbons (Fsp3) is 0.273. The van der Waals surface area contributed by atoms with Gasteiger partial charge in [0, 0.05) is 41.9 Å². The molecule has 2 aromatic heterocycles. The highest BCUT2D eigenvalue weighted by Gasteiger charge is 2.32. The van der Waals surface area contributed by atoms with Gasteiger partial charge < -0.3 is 15.4 Å². The van der Waals surface area contributed by atoms with Crippen molar-refractivity contribution in [3.8, 4) is 17.3 Å². The highest BCUT2D eigenvalue weighted by molar-refractivity contribution is 6.00. The number of carbonyl (C=O) groups is 1. The Morgan fingerprint density at radius 3 is 2.70 bits per heavy atom. The number of pyridine rings is 1. The number of benzene rings is 1. The van der Waals surface area contributed by atoms with Crippen LogP contribution in [0.2, 0.25) is 0 Å². The summed E-state index contributed by atoms with van der Waals surface area (Å²) in [6, 6.07) is 9.09. The number of nitrogen functional groups attached to an aromatic ring is 1. The predicted octanol–water partition coefficient (Wildman–Crippen LogP) is 3.33. The van der Waals surface area contributed by atoms with Gasteiger partial charge in [-0.1, -0.05) is 0 Å². The van der Waals surface area contributed by atoms with E-state index in [-0.39, 0.29) is 18.1 Å². The van der Waals surface area contributed by atoms with E-state index in [0.717, 1.165) is 12.8 Å². The Kier molecular flexibility index (Phi) is 5.56. The van der Waals surface area contributed by atoms with Gasteiger partial charge in [-0.15, -0.1) is 0 Å². The third-order valence-electron chi connectivity index (χ3n) is 5.16. The van der Waals surface area contributed by atoms with E-state index in [1.54, 1.807) is 41.7 Å². The summed E-state index contributed by atoms with van der Waals surface area (Å²) in [5.74, 6) is 0.0808. The van der Waals surface area contributed by atoms with E-state index < -0.39 is 5.82 Å². The Bertz CT molecular complexity index is 1050. The molecule has 0 radical (unpaired) electrons. The molecule has 0 unspecified atom stereocenters. The molecule has 1 aliphatic rings. The van der Waals surface area contributed by atoms with Crippen molar-refractivity contribution in [1.29, 1.82) is 0 Å². The molecule has 154 valence electrons. The van der Waals surface area contributed by atoms with Crippen molar-refractivity contribution in [2.45, 2.75) is 31.9 Å². The van der Waals surface area contributed by atoms with E-state index in [2.05, 4.69) is 15.0 Å². The van der Waals surface area contributed by atoms with Gasteiger partial charge in [-0.2, -0.15) is 0 Å². The second-order valence-electron chi connectivity index (χ2n) is 7.31.